The number of halogens is 2. The number of hydrogen-bond acceptors (Lipinski definition) is 1. The molecule has 1 atom stereocenters. The van der Waals surface area contributed by atoms with Crippen LogP contribution in [0, 0.1) is 11.6 Å². The molecule has 19 heavy (non-hydrogen) atoms. The topological polar surface area (TPSA) is 12.0 Å². The van der Waals surface area contributed by atoms with Gasteiger partial charge in [0.05, 0.1) is 0 Å². The van der Waals surface area contributed by atoms with E-state index in [2.05, 4.69) is 17.4 Å². The van der Waals surface area contributed by atoms with E-state index in [0.29, 0.717) is 12.0 Å². The van der Waals surface area contributed by atoms with Gasteiger partial charge in [0.25, 0.3) is 0 Å². The van der Waals surface area contributed by atoms with Crippen LogP contribution >= 0.6 is 0 Å². The molecule has 0 fully saturated rings. The van der Waals surface area contributed by atoms with Crippen LogP contribution in [0.1, 0.15) is 22.6 Å². The lowest BCUT2D eigenvalue weighted by Crippen LogP contribution is -2.29. The molecule has 1 nitrogen and oxygen atoms in total. The fraction of sp³-hybridized carbons (Fsp3) is 0.250. The predicted octanol–water partition coefficient (Wildman–Crippen LogP) is 3.39. The molecule has 0 bridgehead atoms. The zero-order chi connectivity index (χ0) is 13.2. The molecule has 0 radical (unpaired) electrons. The Morgan fingerprint density at radius 1 is 1.11 bits per heavy atom. The van der Waals surface area contributed by atoms with Gasteiger partial charge in [0.1, 0.15) is 11.6 Å². The molecule has 0 amide bonds. The molecule has 1 heterocycles. The molecule has 3 heteroatoms. The summed E-state index contributed by atoms with van der Waals surface area (Å²) in [6, 6.07) is 12.0. The Morgan fingerprint density at radius 3 is 2.79 bits per heavy atom. The second-order valence-electron chi connectivity index (χ2n) is 4.97. The molecule has 0 saturated carbocycles. The molecule has 0 aromatic heterocycles. The van der Waals surface area contributed by atoms with E-state index in [4.69, 9.17) is 0 Å². The number of rotatable bonds is 2. The minimum atomic E-state index is -0.525. The second-order valence-corrected chi connectivity index (χ2v) is 4.97. The van der Waals surface area contributed by atoms with Crippen LogP contribution < -0.4 is 5.32 Å². The first-order valence-electron chi connectivity index (χ1n) is 6.46. The van der Waals surface area contributed by atoms with Gasteiger partial charge in [0.15, 0.2) is 0 Å². The first-order valence-corrected chi connectivity index (χ1v) is 6.46. The molecule has 1 unspecified atom stereocenters. The van der Waals surface area contributed by atoms with Gasteiger partial charge in [-0.05, 0) is 29.2 Å². The van der Waals surface area contributed by atoms with Gasteiger partial charge in [-0.25, -0.2) is 8.78 Å². The van der Waals surface area contributed by atoms with Crippen LogP contribution in [0.2, 0.25) is 0 Å². The molecule has 3 rings (SSSR count). The Kier molecular flexibility index (Phi) is 3.30. The largest absolute Gasteiger partial charge is 0.312 e. The molecule has 1 aliphatic heterocycles. The Hall–Kier alpha value is -1.74. The first-order chi connectivity index (χ1) is 9.24. The van der Waals surface area contributed by atoms with E-state index in [9.17, 15) is 8.78 Å². The summed E-state index contributed by atoms with van der Waals surface area (Å²) in [4.78, 5) is 0. The molecule has 1 N–H and O–H groups in total. The second kappa shape index (κ2) is 5.10. The summed E-state index contributed by atoms with van der Waals surface area (Å²) in [5.41, 5.74) is 3.11. The fourth-order valence-electron chi connectivity index (χ4n) is 2.72. The third kappa shape index (κ3) is 2.51. The van der Waals surface area contributed by atoms with Crippen molar-refractivity contribution in [2.24, 2.45) is 0 Å². The van der Waals surface area contributed by atoms with Gasteiger partial charge in [-0.3, -0.25) is 0 Å². The normalized spacial score (nSPS) is 18.1. The average molecular weight is 259 g/mol. The predicted molar refractivity (Wildman–Crippen MR) is 71.0 cm³/mol. The minimum absolute atomic E-state index is 0.241. The zero-order valence-corrected chi connectivity index (χ0v) is 10.5. The van der Waals surface area contributed by atoms with Crippen LogP contribution in [0.5, 0.6) is 0 Å². The van der Waals surface area contributed by atoms with Crippen LogP contribution in [-0.4, -0.2) is 6.54 Å². The van der Waals surface area contributed by atoms with Gasteiger partial charge < -0.3 is 5.32 Å². The monoisotopic (exact) mass is 259 g/mol. The van der Waals surface area contributed by atoms with Gasteiger partial charge in [0, 0.05) is 25.1 Å². The van der Waals surface area contributed by atoms with E-state index in [1.54, 1.807) is 6.07 Å². The summed E-state index contributed by atoms with van der Waals surface area (Å²) >= 11 is 0. The van der Waals surface area contributed by atoms with Crippen molar-refractivity contribution in [3.05, 3.63) is 70.8 Å². The quantitative estimate of drug-likeness (QED) is 0.871. The molecule has 0 spiro atoms. The lowest BCUT2D eigenvalue weighted by molar-refractivity contribution is 0.519. The highest BCUT2D eigenvalue weighted by molar-refractivity contribution is 5.34. The summed E-state index contributed by atoms with van der Waals surface area (Å²) < 4.78 is 26.6. The third-order valence-corrected chi connectivity index (χ3v) is 3.68. The Labute approximate surface area is 111 Å². The summed E-state index contributed by atoms with van der Waals surface area (Å²) in [6.07, 6.45) is 0.593. The van der Waals surface area contributed by atoms with E-state index in [1.807, 2.05) is 12.1 Å². The molecule has 1 aliphatic rings. The average Bonchev–Trinajstić information content (AvgIpc) is 2.42. The molecule has 98 valence electrons. The molecule has 2 aromatic carbocycles. The summed E-state index contributed by atoms with van der Waals surface area (Å²) in [5, 5.41) is 3.35. The number of nitrogens with one attached hydrogen (secondary N) is 1. The van der Waals surface area contributed by atoms with Crippen LogP contribution in [0.25, 0.3) is 0 Å². The smallest absolute Gasteiger partial charge is 0.129 e. The van der Waals surface area contributed by atoms with Gasteiger partial charge in [-0.1, -0.05) is 30.3 Å². The van der Waals surface area contributed by atoms with E-state index in [-0.39, 0.29) is 5.92 Å². The lowest BCUT2D eigenvalue weighted by Gasteiger charge is -2.26. The van der Waals surface area contributed by atoms with Crippen LogP contribution in [-0.2, 0) is 13.0 Å². The molecular weight excluding hydrogens is 244 g/mol. The standard InChI is InChI=1S/C16H15F2N/c17-14-6-5-11(16(18)8-14)7-13-10-19-9-12-3-1-2-4-15(12)13/h1-6,8,13,19H,7,9-10H2. The van der Waals surface area contributed by atoms with Crippen molar-refractivity contribution >= 4 is 0 Å². The van der Waals surface area contributed by atoms with Gasteiger partial charge in [-0.2, -0.15) is 0 Å². The maximum Gasteiger partial charge on any atom is 0.129 e. The fourth-order valence-corrected chi connectivity index (χ4v) is 2.72. The van der Waals surface area contributed by atoms with Crippen LogP contribution in [0.3, 0.4) is 0 Å². The van der Waals surface area contributed by atoms with E-state index < -0.39 is 11.6 Å². The van der Waals surface area contributed by atoms with E-state index in [1.165, 1.54) is 17.2 Å². The lowest BCUT2D eigenvalue weighted by atomic mass is 9.86. The minimum Gasteiger partial charge on any atom is -0.312 e. The highest BCUT2D eigenvalue weighted by Crippen LogP contribution is 2.27. The van der Waals surface area contributed by atoms with Gasteiger partial charge in [-0.15, -0.1) is 0 Å². The molecular formula is C16H15F2N. The van der Waals surface area contributed by atoms with Crippen molar-refractivity contribution in [2.45, 2.75) is 18.9 Å². The zero-order valence-electron chi connectivity index (χ0n) is 10.5. The van der Waals surface area contributed by atoms with Crippen molar-refractivity contribution in [2.75, 3.05) is 6.54 Å². The van der Waals surface area contributed by atoms with Crippen LogP contribution in [0.15, 0.2) is 42.5 Å². The first kappa shape index (κ1) is 12.3. The summed E-state index contributed by atoms with van der Waals surface area (Å²) in [7, 11) is 0. The number of hydrogen-bond donors (Lipinski definition) is 1. The maximum absolute atomic E-state index is 13.7. The summed E-state index contributed by atoms with van der Waals surface area (Å²) in [6.45, 7) is 1.69. The van der Waals surface area contributed by atoms with Gasteiger partial charge in [0.2, 0.25) is 0 Å². The third-order valence-electron chi connectivity index (χ3n) is 3.68. The highest BCUT2D eigenvalue weighted by Gasteiger charge is 2.20. The van der Waals surface area contributed by atoms with Crippen molar-refractivity contribution in [3.8, 4) is 0 Å². The highest BCUT2D eigenvalue weighted by atomic mass is 19.1. The van der Waals surface area contributed by atoms with Gasteiger partial charge >= 0.3 is 0 Å². The Morgan fingerprint density at radius 2 is 1.95 bits per heavy atom. The van der Waals surface area contributed by atoms with Crippen LogP contribution in [0.4, 0.5) is 8.78 Å². The van der Waals surface area contributed by atoms with Crippen molar-refractivity contribution in [1.29, 1.82) is 0 Å². The molecule has 2 aromatic rings. The molecule has 0 saturated heterocycles. The van der Waals surface area contributed by atoms with Crippen molar-refractivity contribution < 1.29 is 8.78 Å². The van der Waals surface area contributed by atoms with Crippen molar-refractivity contribution in [1.82, 2.24) is 5.32 Å². The van der Waals surface area contributed by atoms with Crippen molar-refractivity contribution in [3.63, 3.8) is 0 Å². The molecule has 0 aliphatic carbocycles. The summed E-state index contributed by atoms with van der Waals surface area (Å²) in [5.74, 6) is -0.739. The van der Waals surface area contributed by atoms with E-state index in [0.717, 1.165) is 19.2 Å². The maximum atomic E-state index is 13.7. The van der Waals surface area contributed by atoms with E-state index >= 15 is 0 Å². The Bertz CT molecular complexity index is 595. The number of benzene rings is 2. The SMILES string of the molecule is Fc1ccc(CC2CNCc3ccccc32)c(F)c1. The Balaban J connectivity index is 1.88. The number of fused-ring (bicyclic) bond motifs is 1.